The van der Waals surface area contributed by atoms with E-state index in [1.807, 2.05) is 0 Å². The highest BCUT2D eigenvalue weighted by Crippen LogP contribution is 2.28. The average Bonchev–Trinajstić information content (AvgIpc) is 3.43. The Hall–Kier alpha value is -3.85. The Morgan fingerprint density at radius 1 is 1.22 bits per heavy atom. The molecule has 1 aromatic carbocycles. The lowest BCUT2D eigenvalue weighted by Crippen LogP contribution is -2.21. The first-order valence-electron chi connectivity index (χ1n) is 9.90. The molecule has 0 fully saturated rings. The topological polar surface area (TPSA) is 146 Å². The van der Waals surface area contributed by atoms with Crippen molar-refractivity contribution in [3.05, 3.63) is 74.4 Å². The van der Waals surface area contributed by atoms with E-state index in [4.69, 9.17) is 17.3 Å². The molecule has 0 saturated carbocycles. The molecule has 0 bridgehead atoms. The first-order valence-corrected chi connectivity index (χ1v) is 11.1. The normalized spacial score (nSPS) is 11.5. The molecule has 0 spiro atoms. The molecule has 3 aromatic heterocycles. The molecule has 11 nitrogen and oxygen atoms in total. The predicted molar refractivity (Wildman–Crippen MR) is 124 cm³/mol. The van der Waals surface area contributed by atoms with Crippen LogP contribution in [-0.2, 0) is 12.7 Å². The maximum Gasteiger partial charge on any atom is 0.455 e. The Kier molecular flexibility index (Phi) is 6.77. The van der Waals surface area contributed by atoms with Crippen molar-refractivity contribution >= 4 is 45.0 Å². The molecule has 0 unspecified atom stereocenters. The Bertz CT molecular complexity index is 1490. The van der Waals surface area contributed by atoms with Crippen molar-refractivity contribution < 1.29 is 22.8 Å². The third-order valence-electron chi connectivity index (χ3n) is 4.75. The quantitative estimate of drug-likeness (QED) is 0.353. The number of anilines is 1. The van der Waals surface area contributed by atoms with Gasteiger partial charge in [0.25, 0.3) is 17.6 Å². The Balaban J connectivity index is 1.75. The van der Waals surface area contributed by atoms with Gasteiger partial charge in [-0.05, 0) is 48.0 Å². The number of hydrogen-bond acceptors (Lipinski definition) is 7. The number of benzene rings is 1. The van der Waals surface area contributed by atoms with Crippen molar-refractivity contribution in [3.63, 3.8) is 0 Å². The Morgan fingerprint density at radius 2 is 1.97 bits per heavy atom. The third kappa shape index (κ3) is 5.21. The summed E-state index contributed by atoms with van der Waals surface area (Å²) >= 11 is 9.52. The van der Waals surface area contributed by atoms with Crippen molar-refractivity contribution in [2.24, 2.45) is 5.73 Å². The number of primary amides is 1. The van der Waals surface area contributed by atoms with Crippen LogP contribution in [0.3, 0.4) is 0 Å². The molecule has 0 radical (unpaired) electrons. The smallest absolute Gasteiger partial charge is 0.366 e. The predicted octanol–water partition coefficient (Wildman–Crippen LogP) is 3.40. The molecule has 2 amide bonds. The number of carbonyl (C=O) groups excluding carboxylic acids is 2. The third-order valence-corrected chi connectivity index (χ3v) is 5.50. The fourth-order valence-corrected chi connectivity index (χ4v) is 3.99. The van der Waals surface area contributed by atoms with E-state index in [2.05, 4.69) is 46.7 Å². The Morgan fingerprint density at radius 3 is 2.61 bits per heavy atom. The van der Waals surface area contributed by atoms with Crippen LogP contribution in [-0.4, -0.2) is 46.8 Å². The molecule has 0 aliphatic heterocycles. The van der Waals surface area contributed by atoms with Gasteiger partial charge in [-0.25, -0.2) is 9.67 Å². The van der Waals surface area contributed by atoms with Crippen LogP contribution in [0, 0.1) is 6.92 Å². The maximum absolute atomic E-state index is 13.3. The lowest BCUT2D eigenvalue weighted by molar-refractivity contribution is -0.145. The second-order valence-electron chi connectivity index (χ2n) is 7.35. The molecule has 0 atom stereocenters. The SMILES string of the molecule is Cc1cc(Br)cc(C(N)=O)c1NC(=O)c1cc(Cn2nnc(C(F)(F)F)n2)nn1-c1ncccc1Cl. The summed E-state index contributed by atoms with van der Waals surface area (Å²) in [7, 11) is 0. The number of amides is 2. The van der Waals surface area contributed by atoms with Crippen molar-refractivity contribution in [1.82, 2.24) is 35.0 Å². The summed E-state index contributed by atoms with van der Waals surface area (Å²) in [6.45, 7) is 1.32. The van der Waals surface area contributed by atoms with Gasteiger partial charge >= 0.3 is 6.18 Å². The van der Waals surface area contributed by atoms with Crippen LogP contribution in [0.1, 0.15) is 37.9 Å². The summed E-state index contributed by atoms with van der Waals surface area (Å²) in [6, 6.07) is 7.52. The summed E-state index contributed by atoms with van der Waals surface area (Å²) in [5, 5.41) is 16.7. The van der Waals surface area contributed by atoms with Gasteiger partial charge in [-0.15, -0.1) is 10.2 Å². The van der Waals surface area contributed by atoms with Crippen molar-refractivity contribution in [1.29, 1.82) is 0 Å². The van der Waals surface area contributed by atoms with E-state index in [0.717, 1.165) is 4.68 Å². The number of alkyl halides is 3. The molecule has 0 aliphatic rings. The number of aryl methyl sites for hydroxylation is 1. The number of halogens is 5. The van der Waals surface area contributed by atoms with Crippen LogP contribution in [0.4, 0.5) is 18.9 Å². The fourth-order valence-electron chi connectivity index (χ4n) is 3.21. The van der Waals surface area contributed by atoms with Gasteiger partial charge in [-0.3, -0.25) is 9.59 Å². The first-order chi connectivity index (χ1) is 16.9. The number of nitrogens with one attached hydrogen (secondary N) is 1. The zero-order valence-corrected chi connectivity index (χ0v) is 20.4. The van der Waals surface area contributed by atoms with Crippen LogP contribution in [0.25, 0.3) is 5.82 Å². The molecule has 36 heavy (non-hydrogen) atoms. The fraction of sp³-hybridized carbons (Fsp3) is 0.150. The average molecular weight is 585 g/mol. The standard InChI is InChI=1S/C20H14BrClF3N9O2/c1-9-5-10(21)6-12(16(26)35)15(9)28-18(36)14-7-11(8-33-31-19(29-32-33)20(23,24)25)30-34(14)17-13(22)3-2-4-27-17/h2-7H,8H2,1H3,(H2,26,35)(H,28,36). The summed E-state index contributed by atoms with van der Waals surface area (Å²) in [6.07, 6.45) is -3.35. The van der Waals surface area contributed by atoms with Crippen LogP contribution in [0.2, 0.25) is 5.02 Å². The van der Waals surface area contributed by atoms with E-state index in [-0.39, 0.29) is 40.0 Å². The highest BCUT2D eigenvalue weighted by atomic mass is 79.9. The molecular weight excluding hydrogens is 571 g/mol. The number of hydrogen-bond donors (Lipinski definition) is 2. The van der Waals surface area contributed by atoms with Gasteiger partial charge in [0.05, 0.1) is 22.0 Å². The molecule has 0 aliphatic carbocycles. The second kappa shape index (κ2) is 9.66. The summed E-state index contributed by atoms with van der Waals surface area (Å²) < 4.78 is 40.2. The monoisotopic (exact) mass is 583 g/mol. The molecule has 16 heteroatoms. The number of rotatable bonds is 6. The number of carbonyl (C=O) groups is 2. The molecule has 4 aromatic rings. The van der Waals surface area contributed by atoms with Gasteiger partial charge < -0.3 is 11.1 Å². The number of pyridine rings is 1. The van der Waals surface area contributed by atoms with Crippen LogP contribution in [0.15, 0.2) is 41.0 Å². The van der Waals surface area contributed by atoms with Crippen LogP contribution < -0.4 is 11.1 Å². The second-order valence-corrected chi connectivity index (χ2v) is 8.67. The molecule has 3 heterocycles. The molecule has 3 N–H and O–H groups in total. The van der Waals surface area contributed by atoms with Gasteiger partial charge in [0.15, 0.2) is 5.82 Å². The van der Waals surface area contributed by atoms with E-state index in [0.29, 0.717) is 14.8 Å². The van der Waals surface area contributed by atoms with Gasteiger partial charge in [0, 0.05) is 10.7 Å². The van der Waals surface area contributed by atoms with Crippen molar-refractivity contribution in [2.45, 2.75) is 19.6 Å². The van der Waals surface area contributed by atoms with E-state index < -0.39 is 23.8 Å². The van der Waals surface area contributed by atoms with Crippen molar-refractivity contribution in [2.75, 3.05) is 5.32 Å². The lowest BCUT2D eigenvalue weighted by Gasteiger charge is -2.14. The summed E-state index contributed by atoms with van der Waals surface area (Å²) in [5.41, 5.74) is 6.27. The number of nitrogens with two attached hydrogens (primary N) is 1. The number of aromatic nitrogens is 7. The minimum absolute atomic E-state index is 0.0591. The zero-order chi connectivity index (χ0) is 26.2. The minimum Gasteiger partial charge on any atom is -0.366 e. The van der Waals surface area contributed by atoms with Gasteiger partial charge in [0.2, 0.25) is 0 Å². The van der Waals surface area contributed by atoms with Gasteiger partial charge in [0.1, 0.15) is 12.2 Å². The van der Waals surface area contributed by atoms with E-state index in [1.165, 1.54) is 24.4 Å². The van der Waals surface area contributed by atoms with Crippen LogP contribution in [0.5, 0.6) is 0 Å². The van der Waals surface area contributed by atoms with Crippen molar-refractivity contribution in [3.8, 4) is 5.82 Å². The van der Waals surface area contributed by atoms with Gasteiger partial charge in [-0.2, -0.15) is 23.1 Å². The lowest BCUT2D eigenvalue weighted by atomic mass is 10.1. The Labute approximate surface area is 213 Å². The number of nitrogens with zero attached hydrogens (tertiary/aromatic N) is 7. The maximum atomic E-state index is 13.3. The van der Waals surface area contributed by atoms with Gasteiger partial charge in [-0.1, -0.05) is 27.5 Å². The van der Waals surface area contributed by atoms with E-state index in [9.17, 15) is 22.8 Å². The van der Waals surface area contributed by atoms with E-state index in [1.54, 1.807) is 19.1 Å². The number of tetrazole rings is 1. The molecule has 4 rings (SSSR count). The molecule has 0 saturated heterocycles. The highest BCUT2D eigenvalue weighted by molar-refractivity contribution is 9.10. The largest absolute Gasteiger partial charge is 0.455 e. The first kappa shape index (κ1) is 25.2. The zero-order valence-electron chi connectivity index (χ0n) is 18.1. The molecule has 186 valence electrons. The minimum atomic E-state index is -4.77. The van der Waals surface area contributed by atoms with E-state index >= 15 is 0 Å². The van der Waals surface area contributed by atoms with Crippen LogP contribution >= 0.6 is 27.5 Å². The summed E-state index contributed by atoms with van der Waals surface area (Å²) in [5.74, 6) is -2.82. The highest BCUT2D eigenvalue weighted by Gasteiger charge is 2.37. The molecular formula is C20H14BrClF3N9O2. The summed E-state index contributed by atoms with van der Waals surface area (Å²) in [4.78, 5) is 30.1.